The van der Waals surface area contributed by atoms with Gasteiger partial charge in [0.05, 0.1) is 6.04 Å². The maximum Gasteiger partial charge on any atom is 2.00 e. The summed E-state index contributed by atoms with van der Waals surface area (Å²) in [4.78, 5) is 27.2. The van der Waals surface area contributed by atoms with Gasteiger partial charge >= 0.3 is 27.0 Å². The summed E-state index contributed by atoms with van der Waals surface area (Å²) in [5.74, 6) is 7.74. The van der Waals surface area contributed by atoms with Crippen LogP contribution in [0.5, 0.6) is 0 Å². The monoisotopic (exact) mass is 342 g/mol. The minimum atomic E-state index is -1.89. The van der Waals surface area contributed by atoms with E-state index in [0.717, 1.165) is 0 Å². The fraction of sp³-hybridized carbons (Fsp3) is 0.333. The predicted molar refractivity (Wildman–Crippen MR) is 28.8 cm³/mol. The van der Waals surface area contributed by atoms with Crippen molar-refractivity contribution >= 4 is 11.9 Å². The van der Waals surface area contributed by atoms with Gasteiger partial charge in [-0.1, -0.05) is 0 Å². The van der Waals surface area contributed by atoms with Gasteiger partial charge in [0.2, 0.25) is 0 Å². The number of nitrogens with one attached hydrogen (secondary N) is 2. The van der Waals surface area contributed by atoms with Gasteiger partial charge in [0.15, 0.2) is 0 Å². The van der Waals surface area contributed by atoms with Gasteiger partial charge in [-0.05, 0) is 0 Å². The molecule has 0 saturated carbocycles. The molecule has 1 atom stereocenters. The largest absolute Gasteiger partial charge is 2.00 e. The maximum atomic E-state index is 10.2. The zero-order valence-corrected chi connectivity index (χ0v) is 7.38. The molecule has 0 rings (SSSR count). The summed E-state index contributed by atoms with van der Waals surface area (Å²) in [6, 6.07) is -1.89. The van der Waals surface area contributed by atoms with Crippen LogP contribution in [0.3, 0.4) is 0 Å². The molecule has 4 N–H and O–H groups in total. The summed E-state index contributed by atoms with van der Waals surface area (Å²) in [6.07, 6.45) is 0. The van der Waals surface area contributed by atoms with Crippen molar-refractivity contribution in [3.8, 4) is 0 Å². The van der Waals surface area contributed by atoms with Gasteiger partial charge in [0, 0.05) is 0 Å². The van der Waals surface area contributed by atoms with Crippen LogP contribution in [0.15, 0.2) is 0 Å². The fourth-order valence-electron chi connectivity index (χ4n) is 0.223. The van der Waals surface area contributed by atoms with Gasteiger partial charge < -0.3 is 21.3 Å². The zero-order valence-electron chi connectivity index (χ0n) is 5.10. The SMILES string of the molecule is [NH-]OC(=O)C([NH-])C(=O)ON.[Pt+2]. The smallest absolute Gasteiger partial charge is 0.656 e. The molecule has 1 unspecified atom stereocenters. The molecular weight excluding hydrogens is 337 g/mol. The van der Waals surface area contributed by atoms with E-state index >= 15 is 0 Å². The van der Waals surface area contributed by atoms with Crippen molar-refractivity contribution in [1.82, 2.24) is 0 Å². The summed E-state index contributed by atoms with van der Waals surface area (Å²) in [7, 11) is 0. The molecule has 0 fully saturated rings. The topological polar surface area (TPSA) is 126 Å². The first-order valence-electron chi connectivity index (χ1n) is 2.12. The van der Waals surface area contributed by atoms with Gasteiger partial charge in [-0.3, -0.25) is 9.59 Å². The Kier molecular flexibility index (Phi) is 7.44. The summed E-state index contributed by atoms with van der Waals surface area (Å²) >= 11 is 0. The standard InChI is InChI=1S/C3H5N3O4.Pt/c4-1(2(7)9-5)3(8)10-6;/h1,4-5H,6H2;/q-2;+2. The Balaban J connectivity index is 0. The van der Waals surface area contributed by atoms with Crippen LogP contribution in [-0.4, -0.2) is 18.0 Å². The molecule has 0 aliphatic rings. The summed E-state index contributed by atoms with van der Waals surface area (Å²) in [5.41, 5.74) is 6.63. The zero-order chi connectivity index (χ0) is 8.15. The fourth-order valence-corrected chi connectivity index (χ4v) is 0.223. The van der Waals surface area contributed by atoms with Gasteiger partial charge in [0.25, 0.3) is 5.97 Å². The molecule has 0 aliphatic heterocycles. The average Bonchev–Trinajstić information content (AvgIpc) is 2.00. The molecular formula is C3H5N3O4Pt. The average molecular weight is 342 g/mol. The van der Waals surface area contributed by atoms with Crippen molar-refractivity contribution in [3.63, 3.8) is 0 Å². The third-order valence-corrected chi connectivity index (χ3v) is 0.688. The van der Waals surface area contributed by atoms with Gasteiger partial charge in [0.1, 0.15) is 0 Å². The van der Waals surface area contributed by atoms with Crippen LogP contribution in [0.25, 0.3) is 11.6 Å². The minimum absolute atomic E-state index is 0. The molecule has 66 valence electrons. The molecule has 0 bridgehead atoms. The quantitative estimate of drug-likeness (QED) is 0.526. The molecule has 0 aromatic rings. The number of rotatable bonds is 2. The maximum absolute atomic E-state index is 10.2. The summed E-state index contributed by atoms with van der Waals surface area (Å²) < 4.78 is 0. The second-order valence-electron chi connectivity index (χ2n) is 1.29. The number of carbonyl (C=O) groups excluding carboxylic acids is 2. The molecule has 11 heavy (non-hydrogen) atoms. The molecule has 0 aromatic heterocycles. The van der Waals surface area contributed by atoms with E-state index in [0.29, 0.717) is 0 Å². The van der Waals surface area contributed by atoms with Crippen molar-refractivity contribution in [3.05, 3.63) is 11.6 Å². The first-order valence-corrected chi connectivity index (χ1v) is 2.12. The van der Waals surface area contributed by atoms with Gasteiger partial charge in [-0.25, -0.2) is 0 Å². The Morgan fingerprint density at radius 1 is 1.36 bits per heavy atom. The first kappa shape index (κ1) is 13.1. The third kappa shape index (κ3) is 4.05. The molecule has 0 aliphatic carbocycles. The van der Waals surface area contributed by atoms with Crippen molar-refractivity contribution in [2.45, 2.75) is 6.04 Å². The molecule has 0 spiro atoms. The predicted octanol–water partition coefficient (Wildman–Crippen LogP) is -0.668. The Hall–Kier alpha value is -0.492. The van der Waals surface area contributed by atoms with Crippen LogP contribution in [0.1, 0.15) is 0 Å². The molecule has 0 heterocycles. The van der Waals surface area contributed by atoms with Crippen molar-refractivity contribution in [2.24, 2.45) is 5.90 Å². The van der Waals surface area contributed by atoms with Crippen LogP contribution in [0.4, 0.5) is 0 Å². The molecule has 0 aromatic carbocycles. The normalized spacial score (nSPS) is 10.8. The van der Waals surface area contributed by atoms with E-state index in [1.807, 2.05) is 0 Å². The number of hydrogen-bond donors (Lipinski definition) is 1. The second kappa shape index (κ2) is 6.23. The minimum Gasteiger partial charge on any atom is -0.656 e. The second-order valence-corrected chi connectivity index (χ2v) is 1.29. The third-order valence-electron chi connectivity index (χ3n) is 0.688. The van der Waals surface area contributed by atoms with Gasteiger partial charge in [-0.2, -0.15) is 5.90 Å². The number of nitrogens with two attached hydrogens (primary N) is 1. The molecule has 0 amide bonds. The number of hydrogen-bond acceptors (Lipinski definition) is 5. The van der Waals surface area contributed by atoms with E-state index in [2.05, 4.69) is 15.6 Å². The Morgan fingerprint density at radius 2 is 1.82 bits per heavy atom. The van der Waals surface area contributed by atoms with Crippen LogP contribution < -0.4 is 5.90 Å². The molecule has 0 saturated heterocycles. The van der Waals surface area contributed by atoms with Crippen molar-refractivity contribution in [1.29, 1.82) is 0 Å². The molecule has 8 heteroatoms. The molecule has 7 nitrogen and oxygen atoms in total. The first-order chi connectivity index (χ1) is 4.63. The van der Waals surface area contributed by atoms with E-state index in [1.165, 1.54) is 0 Å². The van der Waals surface area contributed by atoms with Crippen LogP contribution in [0, 0.1) is 0 Å². The summed E-state index contributed by atoms with van der Waals surface area (Å²) in [5, 5.41) is 0. The Bertz CT molecular complexity index is 136. The van der Waals surface area contributed by atoms with Gasteiger partial charge in [-0.15, -0.1) is 0 Å². The van der Waals surface area contributed by atoms with E-state index < -0.39 is 18.0 Å². The number of carbonyl (C=O) groups is 2. The van der Waals surface area contributed by atoms with E-state index in [1.54, 1.807) is 0 Å². The molecule has 0 radical (unpaired) electrons. The Morgan fingerprint density at radius 3 is 2.09 bits per heavy atom. The Labute approximate surface area is 76.3 Å². The van der Waals surface area contributed by atoms with E-state index in [9.17, 15) is 9.59 Å². The van der Waals surface area contributed by atoms with Crippen LogP contribution in [-0.2, 0) is 40.3 Å². The van der Waals surface area contributed by atoms with E-state index in [-0.39, 0.29) is 21.1 Å². The van der Waals surface area contributed by atoms with Crippen molar-refractivity contribution in [2.75, 3.05) is 0 Å². The summed E-state index contributed by atoms with van der Waals surface area (Å²) in [6.45, 7) is 0. The van der Waals surface area contributed by atoms with Crippen LogP contribution >= 0.6 is 0 Å². The van der Waals surface area contributed by atoms with Crippen LogP contribution in [0.2, 0.25) is 0 Å². The van der Waals surface area contributed by atoms with E-state index in [4.69, 9.17) is 11.6 Å². The van der Waals surface area contributed by atoms with Crippen molar-refractivity contribution < 1.29 is 40.3 Å².